The average molecular weight is 580 g/mol. The highest BCUT2D eigenvalue weighted by Gasteiger charge is 2.46. The van der Waals surface area contributed by atoms with Gasteiger partial charge in [0.05, 0.1) is 14.9 Å². The van der Waals surface area contributed by atoms with Crippen LogP contribution in [0.15, 0.2) is 71.6 Å². The van der Waals surface area contributed by atoms with Gasteiger partial charge in [0.25, 0.3) is 5.91 Å². The second-order valence-corrected chi connectivity index (χ2v) is 11.1. The van der Waals surface area contributed by atoms with E-state index in [4.69, 9.17) is 28.9 Å². The highest BCUT2D eigenvalue weighted by Crippen LogP contribution is 2.28. The van der Waals surface area contributed by atoms with Crippen molar-refractivity contribution in [3.8, 4) is 0 Å². The molecule has 9 nitrogen and oxygen atoms in total. The maximum Gasteiger partial charge on any atom is 0.323 e. The van der Waals surface area contributed by atoms with Gasteiger partial charge in [-0.15, -0.1) is 0 Å². The fourth-order valence-electron chi connectivity index (χ4n) is 4.00. The second-order valence-electron chi connectivity index (χ2n) is 8.44. The summed E-state index contributed by atoms with van der Waals surface area (Å²) in [5.41, 5.74) is 7.60. The number of urea groups is 1. The molecule has 0 aromatic heterocycles. The van der Waals surface area contributed by atoms with Crippen LogP contribution < -0.4 is 16.4 Å². The number of hydrogen-bond donors (Lipinski definition) is 3. The van der Waals surface area contributed by atoms with Crippen molar-refractivity contribution < 1.29 is 22.4 Å². The average Bonchev–Trinajstić information content (AvgIpc) is 3.36. The van der Waals surface area contributed by atoms with Gasteiger partial charge in [0, 0.05) is 31.9 Å². The fraction of sp³-hybridized carbons (Fsp3) is 0.200. The Morgan fingerprint density at radius 3 is 2.37 bits per heavy atom. The van der Waals surface area contributed by atoms with Gasteiger partial charge in [0.2, 0.25) is 10.0 Å². The first-order chi connectivity index (χ1) is 18.1. The van der Waals surface area contributed by atoms with Crippen LogP contribution >= 0.6 is 23.2 Å². The molecule has 0 radical (unpaired) electrons. The van der Waals surface area contributed by atoms with Crippen LogP contribution in [-0.2, 0) is 27.9 Å². The van der Waals surface area contributed by atoms with Crippen LogP contribution in [0.1, 0.15) is 11.1 Å². The molecule has 1 unspecified atom stereocenters. The lowest BCUT2D eigenvalue weighted by molar-refractivity contribution is -0.127. The van der Waals surface area contributed by atoms with E-state index in [-0.39, 0.29) is 29.6 Å². The van der Waals surface area contributed by atoms with Crippen molar-refractivity contribution in [2.75, 3.05) is 18.4 Å². The standard InChI is InChI=1S/C25H24Cl2FN5O4S/c26-21-9-6-19(13-22(21)27)31-25(35)32-10-11-33(38(36,37)20-7-4-18(28)5-8-20)24(32)23(34)30-15-17-3-1-2-16(12-17)14-29/h1-9,12-13,24H,10-11,14-15,29H2,(H,30,34)(H,31,35). The molecule has 1 fully saturated rings. The number of nitrogens with two attached hydrogens (primary N) is 1. The SMILES string of the molecule is NCc1cccc(CNC(=O)C2N(C(=O)Nc3ccc(Cl)c(Cl)c3)CCN2S(=O)(=O)c2ccc(F)cc2)c1. The Balaban J connectivity index is 1.61. The van der Waals surface area contributed by atoms with Gasteiger partial charge in [-0.3, -0.25) is 9.69 Å². The number of nitrogens with zero attached hydrogens (tertiary/aromatic N) is 2. The van der Waals surface area contributed by atoms with E-state index in [1.165, 1.54) is 18.2 Å². The Bertz CT molecular complexity index is 1460. The molecule has 3 aromatic rings. The van der Waals surface area contributed by atoms with Crippen LogP contribution in [0.3, 0.4) is 0 Å². The Labute approximate surface area is 229 Å². The number of amides is 3. The third kappa shape index (κ3) is 6.08. The predicted octanol–water partition coefficient (Wildman–Crippen LogP) is 3.77. The Morgan fingerprint density at radius 2 is 1.68 bits per heavy atom. The number of hydrogen-bond acceptors (Lipinski definition) is 5. The molecule has 1 aliphatic rings. The molecule has 3 amide bonds. The van der Waals surface area contributed by atoms with Gasteiger partial charge >= 0.3 is 6.03 Å². The van der Waals surface area contributed by atoms with Gasteiger partial charge in [-0.1, -0.05) is 47.5 Å². The minimum Gasteiger partial charge on any atom is -0.349 e. The quantitative estimate of drug-likeness (QED) is 0.393. The van der Waals surface area contributed by atoms with Gasteiger partial charge < -0.3 is 16.4 Å². The summed E-state index contributed by atoms with van der Waals surface area (Å²) in [7, 11) is -4.27. The summed E-state index contributed by atoms with van der Waals surface area (Å²) in [6.07, 6.45) is -1.51. The van der Waals surface area contributed by atoms with E-state index in [9.17, 15) is 22.4 Å². The Morgan fingerprint density at radius 1 is 0.974 bits per heavy atom. The van der Waals surface area contributed by atoms with E-state index in [2.05, 4.69) is 10.6 Å². The van der Waals surface area contributed by atoms with E-state index in [0.717, 1.165) is 44.6 Å². The van der Waals surface area contributed by atoms with Crippen molar-refractivity contribution in [2.45, 2.75) is 24.2 Å². The summed E-state index contributed by atoms with van der Waals surface area (Å²) in [6, 6.07) is 15.2. The molecule has 1 atom stereocenters. The predicted molar refractivity (Wildman–Crippen MR) is 142 cm³/mol. The van der Waals surface area contributed by atoms with Crippen molar-refractivity contribution in [1.82, 2.24) is 14.5 Å². The number of sulfonamides is 1. The van der Waals surface area contributed by atoms with Crippen molar-refractivity contribution >= 4 is 50.9 Å². The largest absolute Gasteiger partial charge is 0.349 e. The smallest absolute Gasteiger partial charge is 0.323 e. The molecular weight excluding hydrogens is 556 g/mol. The third-order valence-electron chi connectivity index (χ3n) is 5.91. The lowest BCUT2D eigenvalue weighted by atomic mass is 10.1. The van der Waals surface area contributed by atoms with Crippen LogP contribution in [-0.4, -0.2) is 48.8 Å². The lowest BCUT2D eigenvalue weighted by Crippen LogP contribution is -2.54. The van der Waals surface area contributed by atoms with Crippen LogP contribution in [0.25, 0.3) is 0 Å². The van der Waals surface area contributed by atoms with E-state index in [1.807, 2.05) is 12.1 Å². The number of carbonyl (C=O) groups is 2. The van der Waals surface area contributed by atoms with Gasteiger partial charge in [0.1, 0.15) is 5.82 Å². The number of anilines is 1. The monoisotopic (exact) mass is 579 g/mol. The molecule has 0 spiro atoms. The fourth-order valence-corrected chi connectivity index (χ4v) is 5.84. The normalized spacial score (nSPS) is 15.9. The minimum absolute atomic E-state index is 0.0751. The zero-order chi connectivity index (χ0) is 27.4. The van der Waals surface area contributed by atoms with Crippen molar-refractivity contribution in [3.63, 3.8) is 0 Å². The molecule has 13 heteroatoms. The van der Waals surface area contributed by atoms with Gasteiger partial charge in [-0.2, -0.15) is 4.31 Å². The summed E-state index contributed by atoms with van der Waals surface area (Å²) in [5, 5.41) is 5.84. The molecule has 38 heavy (non-hydrogen) atoms. The molecule has 1 aliphatic heterocycles. The molecule has 200 valence electrons. The molecule has 4 N–H and O–H groups in total. The second kappa shape index (κ2) is 11.7. The summed E-state index contributed by atoms with van der Waals surface area (Å²) in [6.45, 7) is 0.163. The highest BCUT2D eigenvalue weighted by atomic mass is 35.5. The first-order valence-electron chi connectivity index (χ1n) is 11.5. The van der Waals surface area contributed by atoms with Gasteiger partial charge in [-0.05, 0) is 53.6 Å². The number of rotatable bonds is 7. The zero-order valence-electron chi connectivity index (χ0n) is 19.9. The molecule has 3 aromatic carbocycles. The molecule has 0 bridgehead atoms. The maximum absolute atomic E-state index is 13.4. The van der Waals surface area contributed by atoms with Crippen LogP contribution in [0, 0.1) is 5.82 Å². The van der Waals surface area contributed by atoms with E-state index < -0.39 is 33.9 Å². The Hall–Kier alpha value is -3.22. The first-order valence-corrected chi connectivity index (χ1v) is 13.7. The number of benzene rings is 3. The Kier molecular flexibility index (Phi) is 8.54. The number of nitrogens with one attached hydrogen (secondary N) is 2. The third-order valence-corrected chi connectivity index (χ3v) is 8.52. The van der Waals surface area contributed by atoms with Crippen molar-refractivity contribution in [2.24, 2.45) is 5.73 Å². The van der Waals surface area contributed by atoms with Crippen molar-refractivity contribution in [1.29, 1.82) is 0 Å². The maximum atomic E-state index is 13.4. The van der Waals surface area contributed by atoms with E-state index in [1.54, 1.807) is 12.1 Å². The molecule has 1 saturated heterocycles. The zero-order valence-corrected chi connectivity index (χ0v) is 22.2. The number of carbonyl (C=O) groups excluding carboxylic acids is 2. The lowest BCUT2D eigenvalue weighted by Gasteiger charge is -2.29. The summed E-state index contributed by atoms with van der Waals surface area (Å²) >= 11 is 12.0. The highest BCUT2D eigenvalue weighted by molar-refractivity contribution is 7.89. The van der Waals surface area contributed by atoms with Crippen LogP contribution in [0.4, 0.5) is 14.9 Å². The van der Waals surface area contributed by atoms with Crippen LogP contribution in [0.2, 0.25) is 10.0 Å². The van der Waals surface area contributed by atoms with Crippen LogP contribution in [0.5, 0.6) is 0 Å². The van der Waals surface area contributed by atoms with Crippen molar-refractivity contribution in [3.05, 3.63) is 93.7 Å². The van der Waals surface area contributed by atoms with Gasteiger partial charge in [0.15, 0.2) is 6.17 Å². The number of halogens is 3. The summed E-state index contributed by atoms with van der Waals surface area (Å²) < 4.78 is 41.3. The topological polar surface area (TPSA) is 125 Å². The molecule has 0 aliphatic carbocycles. The summed E-state index contributed by atoms with van der Waals surface area (Å²) in [5.74, 6) is -1.32. The minimum atomic E-state index is -4.27. The first kappa shape index (κ1) is 27.8. The molecule has 1 heterocycles. The van der Waals surface area contributed by atoms with Gasteiger partial charge in [-0.25, -0.2) is 17.6 Å². The van der Waals surface area contributed by atoms with E-state index in [0.29, 0.717) is 17.3 Å². The molecule has 0 saturated carbocycles. The van der Waals surface area contributed by atoms with E-state index >= 15 is 0 Å². The molecule has 4 rings (SSSR count). The summed E-state index contributed by atoms with van der Waals surface area (Å²) in [4.78, 5) is 27.5. The molecular formula is C25H24Cl2FN5O4S.